The molecule has 2 heterocycles. The quantitative estimate of drug-likeness (QED) is 0.501. The summed E-state index contributed by atoms with van der Waals surface area (Å²) in [5.41, 5.74) is 1.82. The van der Waals surface area contributed by atoms with Crippen molar-refractivity contribution >= 4 is 34.1 Å². The van der Waals surface area contributed by atoms with Crippen LogP contribution < -0.4 is 15.9 Å². The van der Waals surface area contributed by atoms with E-state index in [1.165, 1.54) is 34.1 Å². The number of rotatable bonds is 6. The number of anilines is 1. The number of carbonyl (C=O) groups excluding carboxylic acids is 1. The van der Waals surface area contributed by atoms with Crippen molar-refractivity contribution in [3.8, 4) is 17.0 Å². The molecule has 10 heteroatoms. The Morgan fingerprint density at radius 1 is 1.40 bits per heavy atom. The molecule has 0 saturated carbocycles. The van der Waals surface area contributed by atoms with Crippen LogP contribution >= 0.6 is 23.1 Å². The lowest BCUT2D eigenvalue weighted by molar-refractivity contribution is -0.113. The number of methoxy groups -OCH3 is 1. The maximum atomic E-state index is 12.1. The van der Waals surface area contributed by atoms with Crippen molar-refractivity contribution < 1.29 is 9.53 Å². The number of ether oxygens (including phenoxy) is 1. The van der Waals surface area contributed by atoms with Gasteiger partial charge in [0.05, 0.1) is 18.6 Å². The Labute approximate surface area is 152 Å². The SMILES string of the molecule is COc1ccc(-c2nc(NC(=O)CSc3nncn3N)sc2C)cc1. The van der Waals surface area contributed by atoms with Gasteiger partial charge in [-0.2, -0.15) is 0 Å². The number of thiazole rings is 1. The summed E-state index contributed by atoms with van der Waals surface area (Å²) in [7, 11) is 1.63. The number of hydrogen-bond acceptors (Lipinski definition) is 8. The van der Waals surface area contributed by atoms with E-state index in [2.05, 4.69) is 20.5 Å². The number of nitrogens with one attached hydrogen (secondary N) is 1. The van der Waals surface area contributed by atoms with Gasteiger partial charge in [-0.1, -0.05) is 11.8 Å². The van der Waals surface area contributed by atoms with Gasteiger partial charge in [-0.3, -0.25) is 4.79 Å². The van der Waals surface area contributed by atoms with Crippen molar-refractivity contribution in [2.75, 3.05) is 24.0 Å². The number of thioether (sulfide) groups is 1. The van der Waals surface area contributed by atoms with Crippen molar-refractivity contribution in [1.29, 1.82) is 0 Å². The molecule has 0 fully saturated rings. The van der Waals surface area contributed by atoms with Gasteiger partial charge in [-0.15, -0.1) is 21.5 Å². The summed E-state index contributed by atoms with van der Waals surface area (Å²) in [6.07, 6.45) is 1.38. The zero-order valence-electron chi connectivity index (χ0n) is 13.6. The Balaban J connectivity index is 1.65. The fourth-order valence-electron chi connectivity index (χ4n) is 2.09. The number of amides is 1. The summed E-state index contributed by atoms with van der Waals surface area (Å²) in [6.45, 7) is 1.97. The Bertz CT molecular complexity index is 875. The zero-order chi connectivity index (χ0) is 17.8. The number of aromatic nitrogens is 4. The van der Waals surface area contributed by atoms with Crippen LogP contribution in [-0.2, 0) is 4.79 Å². The molecular formula is C15H16N6O2S2. The molecule has 0 unspecified atom stereocenters. The van der Waals surface area contributed by atoms with Gasteiger partial charge in [0.15, 0.2) is 5.13 Å². The molecular weight excluding hydrogens is 360 g/mol. The molecule has 0 spiro atoms. The molecule has 130 valence electrons. The predicted molar refractivity (Wildman–Crippen MR) is 98.4 cm³/mol. The van der Waals surface area contributed by atoms with Crippen LogP contribution in [0.25, 0.3) is 11.3 Å². The minimum atomic E-state index is -0.178. The molecule has 3 aromatic rings. The normalized spacial score (nSPS) is 10.6. The topological polar surface area (TPSA) is 108 Å². The number of nitrogen functional groups attached to an aromatic ring is 1. The first-order valence-electron chi connectivity index (χ1n) is 7.26. The number of nitrogens with two attached hydrogens (primary N) is 1. The second-order valence-electron chi connectivity index (χ2n) is 5.01. The fraction of sp³-hybridized carbons (Fsp3) is 0.200. The largest absolute Gasteiger partial charge is 0.497 e. The molecule has 25 heavy (non-hydrogen) atoms. The molecule has 1 aromatic carbocycles. The number of aryl methyl sites for hydroxylation is 1. The lowest BCUT2D eigenvalue weighted by Crippen LogP contribution is -2.15. The number of benzene rings is 1. The molecule has 0 aliphatic carbocycles. The summed E-state index contributed by atoms with van der Waals surface area (Å²) in [5, 5.41) is 11.3. The summed E-state index contributed by atoms with van der Waals surface area (Å²) in [6, 6.07) is 7.64. The van der Waals surface area contributed by atoms with E-state index >= 15 is 0 Å². The van der Waals surface area contributed by atoms with Gasteiger partial charge < -0.3 is 15.9 Å². The molecule has 0 radical (unpaired) electrons. The first-order chi connectivity index (χ1) is 12.1. The van der Waals surface area contributed by atoms with Crippen LogP contribution in [0.4, 0.5) is 5.13 Å². The molecule has 0 saturated heterocycles. The van der Waals surface area contributed by atoms with Crippen LogP contribution in [0.15, 0.2) is 35.7 Å². The molecule has 8 nitrogen and oxygen atoms in total. The maximum Gasteiger partial charge on any atom is 0.236 e. The number of carbonyl (C=O) groups is 1. The monoisotopic (exact) mass is 376 g/mol. The summed E-state index contributed by atoms with van der Waals surface area (Å²) in [5.74, 6) is 6.39. The van der Waals surface area contributed by atoms with E-state index in [4.69, 9.17) is 10.6 Å². The van der Waals surface area contributed by atoms with E-state index in [1.54, 1.807) is 7.11 Å². The second-order valence-corrected chi connectivity index (χ2v) is 7.16. The molecule has 0 aliphatic rings. The van der Waals surface area contributed by atoms with E-state index in [0.717, 1.165) is 21.9 Å². The van der Waals surface area contributed by atoms with E-state index in [-0.39, 0.29) is 11.7 Å². The molecule has 1 amide bonds. The zero-order valence-corrected chi connectivity index (χ0v) is 15.2. The fourth-order valence-corrected chi connectivity index (χ4v) is 3.57. The lowest BCUT2D eigenvalue weighted by Gasteiger charge is -2.02. The van der Waals surface area contributed by atoms with Crippen LogP contribution in [-0.4, -0.2) is 38.6 Å². The summed E-state index contributed by atoms with van der Waals surface area (Å²) >= 11 is 2.64. The summed E-state index contributed by atoms with van der Waals surface area (Å²) < 4.78 is 6.43. The third-order valence-electron chi connectivity index (χ3n) is 3.28. The van der Waals surface area contributed by atoms with Crippen molar-refractivity contribution in [2.45, 2.75) is 12.1 Å². The standard InChI is InChI=1S/C15H16N6O2S2/c1-9-13(10-3-5-11(23-2)6-4-10)19-14(25-9)18-12(22)7-24-15-20-17-8-21(15)16/h3-6,8H,7,16H2,1-2H3,(H,18,19,22). The van der Waals surface area contributed by atoms with Gasteiger partial charge in [0.2, 0.25) is 11.1 Å². The van der Waals surface area contributed by atoms with E-state index in [1.807, 2.05) is 31.2 Å². The highest BCUT2D eigenvalue weighted by Crippen LogP contribution is 2.31. The van der Waals surface area contributed by atoms with E-state index < -0.39 is 0 Å². The highest BCUT2D eigenvalue weighted by atomic mass is 32.2. The Morgan fingerprint density at radius 3 is 2.80 bits per heavy atom. The van der Waals surface area contributed by atoms with Crippen molar-refractivity contribution in [3.63, 3.8) is 0 Å². The minimum absolute atomic E-state index is 0.173. The van der Waals surface area contributed by atoms with Gasteiger partial charge in [-0.05, 0) is 31.2 Å². The Morgan fingerprint density at radius 2 is 2.16 bits per heavy atom. The van der Waals surface area contributed by atoms with Gasteiger partial charge in [0, 0.05) is 10.4 Å². The minimum Gasteiger partial charge on any atom is -0.497 e. The van der Waals surface area contributed by atoms with E-state index in [0.29, 0.717) is 10.3 Å². The first kappa shape index (κ1) is 17.2. The van der Waals surface area contributed by atoms with Crippen molar-refractivity contribution in [1.82, 2.24) is 19.9 Å². The highest BCUT2D eigenvalue weighted by Gasteiger charge is 2.13. The third kappa shape index (κ3) is 4.09. The van der Waals surface area contributed by atoms with Gasteiger partial charge in [0.25, 0.3) is 0 Å². The number of nitrogens with zero attached hydrogens (tertiary/aromatic N) is 4. The molecule has 0 aliphatic heterocycles. The smallest absolute Gasteiger partial charge is 0.236 e. The first-order valence-corrected chi connectivity index (χ1v) is 9.06. The van der Waals surface area contributed by atoms with Crippen LogP contribution in [0, 0.1) is 6.92 Å². The van der Waals surface area contributed by atoms with Crippen molar-refractivity contribution in [2.24, 2.45) is 0 Å². The predicted octanol–water partition coefficient (Wildman–Crippen LogP) is 2.16. The van der Waals surface area contributed by atoms with E-state index in [9.17, 15) is 4.79 Å². The second kappa shape index (κ2) is 7.53. The van der Waals surface area contributed by atoms with Gasteiger partial charge in [-0.25, -0.2) is 9.66 Å². The molecule has 3 N–H and O–H groups in total. The lowest BCUT2D eigenvalue weighted by atomic mass is 10.1. The summed E-state index contributed by atoms with van der Waals surface area (Å²) in [4.78, 5) is 17.6. The molecule has 0 atom stereocenters. The van der Waals surface area contributed by atoms with Crippen LogP contribution in [0.3, 0.4) is 0 Å². The highest BCUT2D eigenvalue weighted by molar-refractivity contribution is 7.99. The van der Waals surface area contributed by atoms with Crippen LogP contribution in [0.1, 0.15) is 4.88 Å². The Hall–Kier alpha value is -2.59. The molecule has 0 bridgehead atoms. The average molecular weight is 376 g/mol. The Kier molecular flexibility index (Phi) is 5.19. The molecule has 3 rings (SSSR count). The van der Waals surface area contributed by atoms with Crippen LogP contribution in [0.2, 0.25) is 0 Å². The van der Waals surface area contributed by atoms with Crippen LogP contribution in [0.5, 0.6) is 5.75 Å². The number of hydrogen-bond donors (Lipinski definition) is 2. The average Bonchev–Trinajstić information content (AvgIpc) is 3.18. The third-order valence-corrected chi connectivity index (χ3v) is 5.12. The maximum absolute atomic E-state index is 12.1. The van der Waals surface area contributed by atoms with Crippen molar-refractivity contribution in [3.05, 3.63) is 35.5 Å². The van der Waals surface area contributed by atoms with Gasteiger partial charge >= 0.3 is 0 Å². The van der Waals surface area contributed by atoms with Gasteiger partial charge in [0.1, 0.15) is 12.1 Å². The molecule has 2 aromatic heterocycles.